The van der Waals surface area contributed by atoms with E-state index in [2.05, 4.69) is 10.5 Å². The fourth-order valence-corrected chi connectivity index (χ4v) is 1.61. The van der Waals surface area contributed by atoms with Crippen LogP contribution in [0.1, 0.15) is 6.92 Å². The van der Waals surface area contributed by atoms with Gasteiger partial charge in [-0.05, 0) is 25.1 Å². The molecule has 6 heteroatoms. The van der Waals surface area contributed by atoms with Crippen LogP contribution in [0, 0.1) is 0 Å². The van der Waals surface area contributed by atoms with Crippen molar-refractivity contribution in [2.45, 2.75) is 6.92 Å². The average molecular weight is 240 g/mol. The highest BCUT2D eigenvalue weighted by Crippen LogP contribution is 2.30. The Kier molecular flexibility index (Phi) is 2.70. The summed E-state index contributed by atoms with van der Waals surface area (Å²) in [5.74, 6) is 0.00856. The van der Waals surface area contributed by atoms with Gasteiger partial charge in [-0.3, -0.25) is 4.90 Å². The van der Waals surface area contributed by atoms with Crippen molar-refractivity contribution in [3.63, 3.8) is 0 Å². The van der Waals surface area contributed by atoms with E-state index < -0.39 is 0 Å². The van der Waals surface area contributed by atoms with E-state index in [9.17, 15) is 9.90 Å². The largest absolute Gasteiger partial charge is 0.506 e. The molecule has 2 amide bonds. The van der Waals surface area contributed by atoms with Gasteiger partial charge < -0.3 is 5.11 Å². The Morgan fingerprint density at radius 3 is 3.06 bits per heavy atom. The second kappa shape index (κ2) is 4.02. The molecule has 84 valence electrons. The quantitative estimate of drug-likeness (QED) is 0.787. The Labute approximate surface area is 97.3 Å². The first-order chi connectivity index (χ1) is 7.58. The van der Waals surface area contributed by atoms with E-state index in [1.807, 2.05) is 0 Å². The predicted octanol–water partition coefficient (Wildman–Crippen LogP) is 1.95. The summed E-state index contributed by atoms with van der Waals surface area (Å²) in [6, 6.07) is 4.16. The second-order valence-corrected chi connectivity index (χ2v) is 3.92. The van der Waals surface area contributed by atoms with Gasteiger partial charge in [0.15, 0.2) is 0 Å². The molecule has 0 fully saturated rings. The molecule has 0 radical (unpaired) electrons. The van der Waals surface area contributed by atoms with E-state index in [4.69, 9.17) is 11.6 Å². The number of nitrogens with zero attached hydrogens (tertiary/aromatic N) is 2. The van der Waals surface area contributed by atoms with Crippen LogP contribution in [-0.4, -0.2) is 23.4 Å². The smallest absolute Gasteiger partial charge is 0.342 e. The zero-order valence-corrected chi connectivity index (χ0v) is 9.32. The lowest BCUT2D eigenvalue weighted by atomic mass is 10.2. The Morgan fingerprint density at radius 1 is 1.56 bits per heavy atom. The zero-order chi connectivity index (χ0) is 11.7. The van der Waals surface area contributed by atoms with Crippen LogP contribution in [0.25, 0.3) is 0 Å². The van der Waals surface area contributed by atoms with Crippen molar-refractivity contribution in [2.24, 2.45) is 5.10 Å². The predicted molar refractivity (Wildman–Crippen MR) is 62.1 cm³/mol. The number of phenols is 1. The fourth-order valence-electron chi connectivity index (χ4n) is 1.45. The number of nitrogens with one attached hydrogen (secondary N) is 1. The van der Waals surface area contributed by atoms with Crippen LogP contribution in [0.2, 0.25) is 5.02 Å². The third-order valence-corrected chi connectivity index (χ3v) is 2.44. The molecule has 2 rings (SSSR count). The monoisotopic (exact) mass is 239 g/mol. The van der Waals surface area contributed by atoms with Crippen molar-refractivity contribution in [2.75, 3.05) is 11.4 Å². The lowest BCUT2D eigenvalue weighted by molar-refractivity contribution is 0.246. The molecular formula is C10H10ClN3O2. The zero-order valence-electron chi connectivity index (χ0n) is 8.57. The van der Waals surface area contributed by atoms with E-state index in [1.54, 1.807) is 13.0 Å². The van der Waals surface area contributed by atoms with Gasteiger partial charge in [0.2, 0.25) is 0 Å². The van der Waals surface area contributed by atoms with Crippen molar-refractivity contribution >= 4 is 29.0 Å². The van der Waals surface area contributed by atoms with E-state index in [0.29, 0.717) is 17.3 Å². The molecule has 0 aromatic heterocycles. The van der Waals surface area contributed by atoms with E-state index in [0.717, 1.165) is 5.71 Å². The van der Waals surface area contributed by atoms with Crippen LogP contribution < -0.4 is 10.3 Å². The summed E-state index contributed by atoms with van der Waals surface area (Å²) in [5, 5.41) is 13.9. The minimum atomic E-state index is -0.386. The normalized spacial score (nSPS) is 15.8. The molecular weight excluding hydrogens is 230 g/mol. The maximum Gasteiger partial charge on any atom is 0.342 e. The van der Waals surface area contributed by atoms with Crippen LogP contribution in [0.5, 0.6) is 5.75 Å². The molecule has 1 aliphatic rings. The lowest BCUT2D eigenvalue weighted by Crippen LogP contribution is -2.45. The highest BCUT2D eigenvalue weighted by molar-refractivity contribution is 6.31. The number of aromatic hydroxyl groups is 1. The SMILES string of the molecule is CC1=NNC(=O)N(c2cc(Cl)ccc2O)C1. The number of anilines is 1. The number of amides is 2. The molecule has 5 nitrogen and oxygen atoms in total. The van der Waals surface area contributed by atoms with Crippen molar-refractivity contribution in [3.8, 4) is 5.75 Å². The molecule has 2 N–H and O–H groups in total. The highest BCUT2D eigenvalue weighted by Gasteiger charge is 2.22. The first-order valence-corrected chi connectivity index (χ1v) is 5.05. The third kappa shape index (κ3) is 1.94. The molecule has 0 bridgehead atoms. The number of hydrazone groups is 1. The minimum absolute atomic E-state index is 0.00856. The molecule has 0 saturated heterocycles. The Hall–Kier alpha value is -1.75. The summed E-state index contributed by atoms with van der Waals surface area (Å²) >= 11 is 5.82. The van der Waals surface area contributed by atoms with Gasteiger partial charge in [-0.1, -0.05) is 11.6 Å². The summed E-state index contributed by atoms with van der Waals surface area (Å²) in [7, 11) is 0. The molecule has 1 aromatic rings. The van der Waals surface area contributed by atoms with E-state index in [-0.39, 0.29) is 11.8 Å². The molecule has 1 aromatic carbocycles. The number of urea groups is 1. The Bertz CT molecular complexity index is 473. The van der Waals surface area contributed by atoms with Crippen LogP contribution in [0.15, 0.2) is 23.3 Å². The standard InChI is InChI=1S/C10H10ClN3O2/c1-6-5-14(10(16)13-12-6)8-4-7(11)2-3-9(8)15/h2-4,15H,5H2,1H3,(H,13,16). The maximum atomic E-state index is 11.6. The average Bonchev–Trinajstić information content (AvgIpc) is 2.25. The number of carbonyl (C=O) groups excluding carboxylic acids is 1. The number of halogens is 1. The lowest BCUT2D eigenvalue weighted by Gasteiger charge is -2.26. The van der Waals surface area contributed by atoms with Crippen LogP contribution >= 0.6 is 11.6 Å². The van der Waals surface area contributed by atoms with Crippen molar-refractivity contribution < 1.29 is 9.90 Å². The summed E-state index contributed by atoms with van der Waals surface area (Å²) in [6.45, 7) is 2.12. The van der Waals surface area contributed by atoms with Crippen LogP contribution in [0.3, 0.4) is 0 Å². The number of benzene rings is 1. The van der Waals surface area contributed by atoms with Crippen LogP contribution in [-0.2, 0) is 0 Å². The van der Waals surface area contributed by atoms with E-state index >= 15 is 0 Å². The molecule has 0 unspecified atom stereocenters. The Morgan fingerprint density at radius 2 is 2.31 bits per heavy atom. The molecule has 0 aliphatic carbocycles. The van der Waals surface area contributed by atoms with Gasteiger partial charge >= 0.3 is 6.03 Å². The molecule has 0 saturated carbocycles. The first-order valence-electron chi connectivity index (χ1n) is 4.67. The molecule has 16 heavy (non-hydrogen) atoms. The van der Waals surface area contributed by atoms with Gasteiger partial charge in [0.1, 0.15) is 5.75 Å². The molecule has 1 heterocycles. The van der Waals surface area contributed by atoms with Gasteiger partial charge in [0.25, 0.3) is 0 Å². The maximum absolute atomic E-state index is 11.6. The van der Waals surface area contributed by atoms with Gasteiger partial charge in [-0.25, -0.2) is 10.2 Å². The van der Waals surface area contributed by atoms with E-state index in [1.165, 1.54) is 17.0 Å². The third-order valence-electron chi connectivity index (χ3n) is 2.20. The second-order valence-electron chi connectivity index (χ2n) is 3.48. The number of rotatable bonds is 1. The first kappa shape index (κ1) is 10.8. The van der Waals surface area contributed by atoms with Gasteiger partial charge in [0, 0.05) is 5.02 Å². The van der Waals surface area contributed by atoms with Gasteiger partial charge in [-0.15, -0.1) is 0 Å². The topological polar surface area (TPSA) is 64.9 Å². The number of carbonyl (C=O) groups is 1. The van der Waals surface area contributed by atoms with Gasteiger partial charge in [0.05, 0.1) is 17.9 Å². The van der Waals surface area contributed by atoms with Crippen molar-refractivity contribution in [1.29, 1.82) is 0 Å². The Balaban J connectivity index is 2.40. The molecule has 1 aliphatic heterocycles. The fraction of sp³-hybridized carbons (Fsp3) is 0.200. The van der Waals surface area contributed by atoms with Gasteiger partial charge in [-0.2, -0.15) is 5.10 Å². The number of hydrogen-bond donors (Lipinski definition) is 2. The minimum Gasteiger partial charge on any atom is -0.506 e. The van der Waals surface area contributed by atoms with Crippen LogP contribution in [0.4, 0.5) is 10.5 Å². The van der Waals surface area contributed by atoms with Crippen molar-refractivity contribution in [3.05, 3.63) is 23.2 Å². The molecule has 0 atom stereocenters. The summed E-state index contributed by atoms with van der Waals surface area (Å²) in [6.07, 6.45) is 0. The number of hydrogen-bond acceptors (Lipinski definition) is 3. The van der Waals surface area contributed by atoms with Crippen molar-refractivity contribution in [1.82, 2.24) is 5.43 Å². The summed E-state index contributed by atoms with van der Waals surface area (Å²) in [5.41, 5.74) is 3.47. The summed E-state index contributed by atoms with van der Waals surface area (Å²) in [4.78, 5) is 12.9. The summed E-state index contributed by atoms with van der Waals surface area (Å²) < 4.78 is 0. The molecule has 0 spiro atoms. The number of phenolic OH excluding ortho intramolecular Hbond substituents is 1. The highest BCUT2D eigenvalue weighted by atomic mass is 35.5.